The molecule has 0 radical (unpaired) electrons. The van der Waals surface area contributed by atoms with Crippen LogP contribution in [0.2, 0.25) is 0 Å². The maximum atomic E-state index is 8.97. The molecule has 4 aromatic carbocycles. The molecule has 4 rings (SSSR count). The van der Waals surface area contributed by atoms with Gasteiger partial charge in [-0.15, -0.1) is 0 Å². The summed E-state index contributed by atoms with van der Waals surface area (Å²) in [6.45, 7) is 0.553. The topological polar surface area (TPSA) is 62.2 Å². The van der Waals surface area contributed by atoms with Crippen molar-refractivity contribution in [2.45, 2.75) is 0 Å². The number of hydrogen-bond donors (Lipinski definition) is 2. The van der Waals surface area contributed by atoms with Gasteiger partial charge in [0.2, 0.25) is 0 Å². The summed E-state index contributed by atoms with van der Waals surface area (Å²) in [4.78, 5) is 2.19. The van der Waals surface area contributed by atoms with Crippen LogP contribution in [0.5, 0.6) is 11.5 Å². The highest BCUT2D eigenvalue weighted by molar-refractivity contribution is 5.78. The molecule has 0 saturated carbocycles. The Kier molecular flexibility index (Phi) is 7.59. The fourth-order valence-corrected chi connectivity index (χ4v) is 3.59. The molecular formula is C28H27NO4. The van der Waals surface area contributed by atoms with Crippen molar-refractivity contribution in [1.29, 1.82) is 0 Å². The van der Waals surface area contributed by atoms with Crippen LogP contribution >= 0.6 is 0 Å². The van der Waals surface area contributed by atoms with Crippen LogP contribution < -0.4 is 14.4 Å². The van der Waals surface area contributed by atoms with E-state index in [9.17, 15) is 0 Å². The second kappa shape index (κ2) is 11.2. The second-order valence-electron chi connectivity index (χ2n) is 7.38. The zero-order valence-electron chi connectivity index (χ0n) is 18.3. The van der Waals surface area contributed by atoms with Crippen molar-refractivity contribution in [1.82, 2.24) is 0 Å². The second-order valence-corrected chi connectivity index (χ2v) is 7.38. The summed E-state index contributed by atoms with van der Waals surface area (Å²) in [5.41, 5.74) is 5.30. The molecule has 0 fully saturated rings. The minimum atomic E-state index is -0.0113. The Labute approximate surface area is 194 Å². The van der Waals surface area contributed by atoms with Crippen LogP contribution in [-0.2, 0) is 0 Å². The van der Waals surface area contributed by atoms with Gasteiger partial charge in [0, 0.05) is 17.1 Å². The van der Waals surface area contributed by atoms with E-state index in [1.54, 1.807) is 0 Å². The number of anilines is 3. The van der Waals surface area contributed by atoms with E-state index in [0.717, 1.165) is 39.7 Å². The molecule has 5 nitrogen and oxygen atoms in total. The van der Waals surface area contributed by atoms with Crippen molar-refractivity contribution in [3.05, 3.63) is 103 Å². The van der Waals surface area contributed by atoms with Gasteiger partial charge in [-0.05, 0) is 71.8 Å². The quantitative estimate of drug-likeness (QED) is 0.337. The molecule has 33 heavy (non-hydrogen) atoms. The zero-order valence-corrected chi connectivity index (χ0v) is 18.3. The van der Waals surface area contributed by atoms with E-state index in [-0.39, 0.29) is 26.4 Å². The van der Waals surface area contributed by atoms with Crippen LogP contribution in [0.1, 0.15) is 0 Å². The largest absolute Gasteiger partial charge is 0.491 e. The van der Waals surface area contributed by atoms with Gasteiger partial charge in [-0.25, -0.2) is 0 Å². The molecule has 0 bridgehead atoms. The highest BCUT2D eigenvalue weighted by atomic mass is 16.5. The van der Waals surface area contributed by atoms with Gasteiger partial charge >= 0.3 is 0 Å². The monoisotopic (exact) mass is 441 g/mol. The summed E-state index contributed by atoms with van der Waals surface area (Å²) in [6, 6.07) is 34.3. The highest BCUT2D eigenvalue weighted by Gasteiger charge is 2.12. The van der Waals surface area contributed by atoms with E-state index in [2.05, 4.69) is 41.3 Å². The Morgan fingerprint density at radius 1 is 0.485 bits per heavy atom. The van der Waals surface area contributed by atoms with Crippen molar-refractivity contribution >= 4 is 17.1 Å². The number of nitrogens with zero attached hydrogens (tertiary/aromatic N) is 1. The summed E-state index contributed by atoms with van der Waals surface area (Å²) in [5, 5.41) is 17.9. The third-order valence-corrected chi connectivity index (χ3v) is 5.14. The normalized spacial score (nSPS) is 10.6. The number of benzene rings is 4. The molecule has 0 saturated heterocycles. The van der Waals surface area contributed by atoms with Gasteiger partial charge in [0.05, 0.1) is 13.2 Å². The minimum absolute atomic E-state index is 0.000457. The Morgan fingerprint density at radius 2 is 0.879 bits per heavy atom. The molecule has 0 aliphatic rings. The molecule has 0 unspecified atom stereocenters. The highest BCUT2D eigenvalue weighted by Crippen LogP contribution is 2.36. The van der Waals surface area contributed by atoms with Gasteiger partial charge < -0.3 is 24.6 Å². The van der Waals surface area contributed by atoms with Crippen LogP contribution in [0.3, 0.4) is 0 Å². The van der Waals surface area contributed by atoms with Crippen molar-refractivity contribution in [2.75, 3.05) is 31.3 Å². The molecule has 0 aliphatic heterocycles. The lowest BCUT2D eigenvalue weighted by molar-refractivity contribution is 0.201. The first kappa shape index (κ1) is 22.4. The van der Waals surface area contributed by atoms with E-state index < -0.39 is 0 Å². The third kappa shape index (κ3) is 5.71. The molecule has 4 aromatic rings. The number of ether oxygens (including phenoxy) is 2. The lowest BCUT2D eigenvalue weighted by atomic mass is 10.0. The predicted molar refractivity (Wildman–Crippen MR) is 132 cm³/mol. The molecule has 0 heterocycles. The Hall–Kier alpha value is -3.80. The van der Waals surface area contributed by atoms with Crippen LogP contribution in [0, 0.1) is 0 Å². The van der Waals surface area contributed by atoms with E-state index in [4.69, 9.17) is 19.7 Å². The molecule has 0 aromatic heterocycles. The van der Waals surface area contributed by atoms with E-state index in [1.165, 1.54) is 0 Å². The summed E-state index contributed by atoms with van der Waals surface area (Å²) >= 11 is 0. The van der Waals surface area contributed by atoms with Gasteiger partial charge in [-0.3, -0.25) is 0 Å². The number of aliphatic hydroxyl groups excluding tert-OH is 2. The lowest BCUT2D eigenvalue weighted by Crippen LogP contribution is -2.10. The number of aliphatic hydroxyl groups is 2. The summed E-state index contributed by atoms with van der Waals surface area (Å²) < 4.78 is 11.0. The number of hydrogen-bond acceptors (Lipinski definition) is 5. The van der Waals surface area contributed by atoms with E-state index in [1.807, 2.05) is 66.7 Å². The molecule has 0 aliphatic carbocycles. The van der Waals surface area contributed by atoms with Crippen molar-refractivity contribution < 1.29 is 19.7 Å². The number of para-hydroxylation sites is 1. The van der Waals surface area contributed by atoms with Gasteiger partial charge in [0.1, 0.15) is 24.7 Å². The average Bonchev–Trinajstić information content (AvgIpc) is 2.88. The van der Waals surface area contributed by atoms with Crippen molar-refractivity contribution in [3.63, 3.8) is 0 Å². The van der Waals surface area contributed by atoms with Gasteiger partial charge in [-0.1, -0.05) is 42.5 Å². The lowest BCUT2D eigenvalue weighted by Gasteiger charge is -2.25. The maximum absolute atomic E-state index is 8.97. The van der Waals surface area contributed by atoms with E-state index in [0.29, 0.717) is 0 Å². The average molecular weight is 442 g/mol. The van der Waals surface area contributed by atoms with Crippen molar-refractivity contribution in [3.8, 4) is 22.6 Å². The Morgan fingerprint density at radius 3 is 1.36 bits per heavy atom. The zero-order chi connectivity index (χ0) is 22.9. The van der Waals surface area contributed by atoms with Crippen LogP contribution in [0.4, 0.5) is 17.1 Å². The molecule has 168 valence electrons. The molecular weight excluding hydrogens is 414 g/mol. The first-order chi connectivity index (χ1) is 16.3. The van der Waals surface area contributed by atoms with Gasteiger partial charge in [0.15, 0.2) is 0 Å². The van der Waals surface area contributed by atoms with Gasteiger partial charge in [0.25, 0.3) is 0 Å². The predicted octanol–water partition coefficient (Wildman–Crippen LogP) is 5.57. The smallest absolute Gasteiger partial charge is 0.119 e. The molecule has 2 N–H and O–H groups in total. The Balaban J connectivity index is 1.60. The van der Waals surface area contributed by atoms with Crippen LogP contribution in [-0.4, -0.2) is 36.6 Å². The first-order valence-electron chi connectivity index (χ1n) is 10.9. The fourth-order valence-electron chi connectivity index (χ4n) is 3.59. The Bertz CT molecular complexity index is 1110. The standard InChI is InChI=1S/C28H27NO4/c30-18-20-32-27-14-8-23(9-15-27)22-6-10-25(11-7-22)29(24-4-2-1-3-5-24)26-12-16-28(17-13-26)33-21-19-31/h1-17,30-31H,18-21H2. The maximum Gasteiger partial charge on any atom is 0.119 e. The third-order valence-electron chi connectivity index (χ3n) is 5.14. The fraction of sp³-hybridized carbons (Fsp3) is 0.143. The molecule has 0 amide bonds. The van der Waals surface area contributed by atoms with Crippen LogP contribution in [0.25, 0.3) is 11.1 Å². The minimum Gasteiger partial charge on any atom is -0.491 e. The molecule has 0 spiro atoms. The SMILES string of the molecule is OCCOc1ccc(-c2ccc(N(c3ccccc3)c3ccc(OCCO)cc3)cc2)cc1. The summed E-state index contributed by atoms with van der Waals surface area (Å²) in [6.07, 6.45) is 0. The van der Waals surface area contributed by atoms with Crippen molar-refractivity contribution in [2.24, 2.45) is 0 Å². The first-order valence-corrected chi connectivity index (χ1v) is 10.9. The van der Waals surface area contributed by atoms with Crippen LogP contribution in [0.15, 0.2) is 103 Å². The van der Waals surface area contributed by atoms with Gasteiger partial charge in [-0.2, -0.15) is 0 Å². The van der Waals surface area contributed by atoms with E-state index >= 15 is 0 Å². The summed E-state index contributed by atoms with van der Waals surface area (Å²) in [7, 11) is 0. The molecule has 0 atom stereocenters. The summed E-state index contributed by atoms with van der Waals surface area (Å²) in [5.74, 6) is 1.47. The number of rotatable bonds is 10. The molecule has 5 heteroatoms.